The Kier molecular flexibility index (Phi) is 4.64. The zero-order valence-corrected chi connectivity index (χ0v) is 12.0. The molecule has 0 aliphatic heterocycles. The second-order valence-corrected chi connectivity index (χ2v) is 5.17. The van der Waals surface area contributed by atoms with Gasteiger partial charge in [-0.3, -0.25) is 0 Å². The number of pyridine rings is 1. The van der Waals surface area contributed by atoms with Crippen molar-refractivity contribution in [2.45, 2.75) is 25.3 Å². The van der Waals surface area contributed by atoms with E-state index < -0.39 is 0 Å². The summed E-state index contributed by atoms with van der Waals surface area (Å²) in [6.45, 7) is 4.70. The molecular formula is C15H16N2OS. The fourth-order valence-corrected chi connectivity index (χ4v) is 2.60. The number of hydrogen-bond donors (Lipinski definition) is 0. The maximum Gasteiger partial charge on any atom is 0.120 e. The number of benzene rings is 1. The van der Waals surface area contributed by atoms with Crippen LogP contribution < -0.4 is 4.74 Å². The van der Waals surface area contributed by atoms with Gasteiger partial charge in [-0.2, -0.15) is 5.26 Å². The van der Waals surface area contributed by atoms with Gasteiger partial charge in [0.05, 0.1) is 17.7 Å². The second kappa shape index (κ2) is 6.44. The van der Waals surface area contributed by atoms with Crippen LogP contribution in [0, 0.1) is 11.3 Å². The van der Waals surface area contributed by atoms with E-state index in [1.165, 1.54) is 0 Å². The SMILES string of the molecule is CCCSc1nc2ccc(OCC)cc2cc1C#N. The first kappa shape index (κ1) is 13.7. The Bertz CT molecular complexity index is 619. The van der Waals surface area contributed by atoms with Crippen LogP contribution in [0.3, 0.4) is 0 Å². The number of ether oxygens (including phenoxy) is 1. The molecule has 19 heavy (non-hydrogen) atoms. The van der Waals surface area contributed by atoms with Crippen LogP contribution in [0.4, 0.5) is 0 Å². The van der Waals surface area contributed by atoms with E-state index in [1.54, 1.807) is 11.8 Å². The third kappa shape index (κ3) is 3.18. The smallest absolute Gasteiger partial charge is 0.120 e. The van der Waals surface area contributed by atoms with Gasteiger partial charge >= 0.3 is 0 Å². The molecule has 0 bridgehead atoms. The van der Waals surface area contributed by atoms with Crippen LogP contribution in [0.15, 0.2) is 29.3 Å². The monoisotopic (exact) mass is 272 g/mol. The van der Waals surface area contributed by atoms with E-state index in [-0.39, 0.29) is 0 Å². The molecule has 4 heteroatoms. The third-order valence-corrected chi connectivity index (χ3v) is 3.82. The van der Waals surface area contributed by atoms with Crippen LogP contribution in [-0.4, -0.2) is 17.3 Å². The molecule has 0 amide bonds. The number of thioether (sulfide) groups is 1. The molecule has 1 aromatic carbocycles. The normalized spacial score (nSPS) is 10.4. The molecule has 1 heterocycles. The number of fused-ring (bicyclic) bond motifs is 1. The highest BCUT2D eigenvalue weighted by Crippen LogP contribution is 2.27. The van der Waals surface area contributed by atoms with Crippen molar-refractivity contribution in [3.8, 4) is 11.8 Å². The molecule has 0 aliphatic rings. The van der Waals surface area contributed by atoms with Crippen LogP contribution in [0.2, 0.25) is 0 Å². The van der Waals surface area contributed by atoms with Gasteiger partial charge in [0.1, 0.15) is 16.8 Å². The molecule has 0 saturated heterocycles. The van der Waals surface area contributed by atoms with Gasteiger partial charge in [0, 0.05) is 5.39 Å². The van der Waals surface area contributed by atoms with Crippen LogP contribution in [0.1, 0.15) is 25.8 Å². The molecule has 0 fully saturated rings. The Morgan fingerprint density at radius 2 is 2.16 bits per heavy atom. The third-order valence-electron chi connectivity index (χ3n) is 2.63. The van der Waals surface area contributed by atoms with Gasteiger partial charge < -0.3 is 4.74 Å². The van der Waals surface area contributed by atoms with Gasteiger partial charge in [0.25, 0.3) is 0 Å². The predicted molar refractivity (Wildman–Crippen MR) is 78.6 cm³/mol. The predicted octanol–water partition coefficient (Wildman–Crippen LogP) is 4.01. The van der Waals surface area contributed by atoms with Crippen LogP contribution >= 0.6 is 11.8 Å². The first-order valence-corrected chi connectivity index (χ1v) is 7.37. The van der Waals surface area contributed by atoms with Gasteiger partial charge in [0.15, 0.2) is 0 Å². The maximum absolute atomic E-state index is 9.22. The molecular weight excluding hydrogens is 256 g/mol. The van der Waals surface area contributed by atoms with Crippen molar-refractivity contribution in [3.05, 3.63) is 29.8 Å². The van der Waals surface area contributed by atoms with Crippen molar-refractivity contribution < 1.29 is 4.74 Å². The quantitative estimate of drug-likeness (QED) is 0.772. The topological polar surface area (TPSA) is 45.9 Å². The number of hydrogen-bond acceptors (Lipinski definition) is 4. The van der Waals surface area contributed by atoms with Gasteiger partial charge in [-0.25, -0.2) is 4.98 Å². The van der Waals surface area contributed by atoms with E-state index in [9.17, 15) is 5.26 Å². The van der Waals surface area contributed by atoms with Crippen molar-refractivity contribution >= 4 is 22.7 Å². The summed E-state index contributed by atoms with van der Waals surface area (Å²) in [5.74, 6) is 1.79. The van der Waals surface area contributed by atoms with E-state index in [1.807, 2.05) is 31.2 Å². The molecule has 2 aromatic rings. The minimum absolute atomic E-state index is 0.633. The molecule has 0 spiro atoms. The summed E-state index contributed by atoms with van der Waals surface area (Å²) >= 11 is 1.64. The molecule has 0 aliphatic carbocycles. The minimum Gasteiger partial charge on any atom is -0.494 e. The number of nitriles is 1. The molecule has 2 rings (SSSR count). The van der Waals surface area contributed by atoms with Crippen molar-refractivity contribution in [2.24, 2.45) is 0 Å². The van der Waals surface area contributed by atoms with Crippen molar-refractivity contribution in [2.75, 3.05) is 12.4 Å². The molecule has 1 aromatic heterocycles. The summed E-state index contributed by atoms with van der Waals surface area (Å²) in [5.41, 5.74) is 1.54. The number of nitrogens with zero attached hydrogens (tertiary/aromatic N) is 2. The van der Waals surface area contributed by atoms with E-state index in [2.05, 4.69) is 18.0 Å². The highest BCUT2D eigenvalue weighted by atomic mass is 32.2. The number of aromatic nitrogens is 1. The Balaban J connectivity index is 2.45. The van der Waals surface area contributed by atoms with Crippen LogP contribution in [0.25, 0.3) is 10.9 Å². The van der Waals surface area contributed by atoms with Gasteiger partial charge in [-0.1, -0.05) is 6.92 Å². The van der Waals surface area contributed by atoms with Crippen molar-refractivity contribution in [3.63, 3.8) is 0 Å². The molecule has 0 atom stereocenters. The second-order valence-electron chi connectivity index (χ2n) is 4.09. The Morgan fingerprint density at radius 1 is 1.32 bits per heavy atom. The zero-order valence-electron chi connectivity index (χ0n) is 11.1. The fraction of sp³-hybridized carbons (Fsp3) is 0.333. The highest BCUT2D eigenvalue weighted by molar-refractivity contribution is 7.99. The summed E-state index contributed by atoms with van der Waals surface area (Å²) in [7, 11) is 0. The van der Waals surface area contributed by atoms with Gasteiger partial charge in [0.2, 0.25) is 0 Å². The highest BCUT2D eigenvalue weighted by Gasteiger charge is 2.08. The van der Waals surface area contributed by atoms with Gasteiger partial charge in [-0.05, 0) is 43.4 Å². The molecule has 0 radical (unpaired) electrons. The maximum atomic E-state index is 9.22. The van der Waals surface area contributed by atoms with Gasteiger partial charge in [-0.15, -0.1) is 11.8 Å². The standard InChI is InChI=1S/C15H16N2OS/c1-3-7-19-15-12(10-16)8-11-9-13(18-4-2)5-6-14(11)17-15/h5-6,8-9H,3-4,7H2,1-2H3. The average Bonchev–Trinajstić information content (AvgIpc) is 2.44. The van der Waals surface area contributed by atoms with E-state index >= 15 is 0 Å². The summed E-state index contributed by atoms with van der Waals surface area (Å²) in [6, 6.07) is 9.90. The summed E-state index contributed by atoms with van der Waals surface area (Å²) < 4.78 is 5.47. The van der Waals surface area contributed by atoms with E-state index in [0.717, 1.165) is 33.9 Å². The minimum atomic E-state index is 0.633. The summed E-state index contributed by atoms with van der Waals surface area (Å²) in [6.07, 6.45) is 1.07. The van der Waals surface area contributed by atoms with Crippen LogP contribution in [-0.2, 0) is 0 Å². The largest absolute Gasteiger partial charge is 0.494 e. The lowest BCUT2D eigenvalue weighted by Gasteiger charge is -2.07. The number of rotatable bonds is 5. The van der Waals surface area contributed by atoms with Crippen LogP contribution in [0.5, 0.6) is 5.75 Å². The molecule has 3 nitrogen and oxygen atoms in total. The lowest BCUT2D eigenvalue weighted by atomic mass is 10.1. The zero-order chi connectivity index (χ0) is 13.7. The molecule has 0 unspecified atom stereocenters. The fourth-order valence-electron chi connectivity index (χ4n) is 1.78. The van der Waals surface area contributed by atoms with Crippen molar-refractivity contribution in [1.29, 1.82) is 5.26 Å². The van der Waals surface area contributed by atoms with E-state index in [4.69, 9.17) is 4.74 Å². The molecule has 98 valence electrons. The van der Waals surface area contributed by atoms with Crippen molar-refractivity contribution in [1.82, 2.24) is 4.98 Å². The first-order chi connectivity index (χ1) is 9.28. The molecule has 0 saturated carbocycles. The average molecular weight is 272 g/mol. The first-order valence-electron chi connectivity index (χ1n) is 6.39. The lowest BCUT2D eigenvalue weighted by molar-refractivity contribution is 0.340. The Labute approximate surface area is 117 Å². The van der Waals surface area contributed by atoms with E-state index in [0.29, 0.717) is 12.2 Å². The summed E-state index contributed by atoms with van der Waals surface area (Å²) in [5, 5.41) is 11.0. The summed E-state index contributed by atoms with van der Waals surface area (Å²) in [4.78, 5) is 4.57. The Hall–Kier alpha value is -1.73. The molecule has 0 N–H and O–H groups in total. The lowest BCUT2D eigenvalue weighted by Crippen LogP contribution is -1.93. The Morgan fingerprint density at radius 3 is 2.84 bits per heavy atom.